The average molecular weight is 411 g/mol. The van der Waals surface area contributed by atoms with Crippen LogP contribution < -0.4 is 15.9 Å². The Morgan fingerprint density at radius 2 is 1.20 bits per heavy atom. The van der Waals surface area contributed by atoms with E-state index in [1.165, 1.54) is 15.9 Å². The van der Waals surface area contributed by atoms with Crippen molar-refractivity contribution in [3.05, 3.63) is 115 Å². The average Bonchev–Trinajstić information content (AvgIpc) is 2.82. The van der Waals surface area contributed by atoms with Crippen molar-refractivity contribution in [1.82, 2.24) is 0 Å². The van der Waals surface area contributed by atoms with Crippen LogP contribution in [0.4, 0.5) is 0 Å². The van der Waals surface area contributed by atoms with Gasteiger partial charge in [-0.3, -0.25) is 0 Å². The summed E-state index contributed by atoms with van der Waals surface area (Å²) in [6, 6.07) is 37.4. The minimum atomic E-state index is -1.88. The fraction of sp³-hybridized carbons (Fsp3) is 0.0741. The van der Waals surface area contributed by atoms with Gasteiger partial charge in [0.25, 0.3) is 0 Å². The van der Waals surface area contributed by atoms with E-state index in [9.17, 15) is 9.90 Å². The minimum Gasteiger partial charge on any atom is -0.478 e. The summed E-state index contributed by atoms with van der Waals surface area (Å²) in [7, 11) is -1.88. The highest BCUT2D eigenvalue weighted by Crippen LogP contribution is 2.56. The molecule has 4 rings (SSSR count). The van der Waals surface area contributed by atoms with Crippen molar-refractivity contribution >= 4 is 29.1 Å². The Kier molecular flexibility index (Phi) is 5.79. The second-order valence-electron chi connectivity index (χ2n) is 7.20. The van der Waals surface area contributed by atoms with Crippen molar-refractivity contribution in [3.8, 4) is 11.1 Å². The van der Waals surface area contributed by atoms with Gasteiger partial charge in [-0.05, 0) is 55.0 Å². The summed E-state index contributed by atoms with van der Waals surface area (Å²) in [4.78, 5) is 11.3. The molecule has 0 fully saturated rings. The smallest absolute Gasteiger partial charge is 0.335 e. The quantitative estimate of drug-likeness (QED) is 0.434. The third-order valence-electron chi connectivity index (χ3n) is 5.63. The van der Waals surface area contributed by atoms with Crippen LogP contribution >= 0.6 is 7.26 Å². The van der Waals surface area contributed by atoms with E-state index >= 15 is 0 Å². The summed E-state index contributed by atoms with van der Waals surface area (Å²) in [6.45, 7) is 2.28. The maximum absolute atomic E-state index is 11.3. The summed E-state index contributed by atoms with van der Waals surface area (Å²) in [5.41, 5.74) is 2.51. The first-order valence-electron chi connectivity index (χ1n) is 10.1. The zero-order chi connectivity index (χ0) is 21.0. The van der Waals surface area contributed by atoms with Gasteiger partial charge in [0.1, 0.15) is 23.2 Å². The van der Waals surface area contributed by atoms with Crippen LogP contribution in [0.15, 0.2) is 109 Å². The lowest BCUT2D eigenvalue weighted by molar-refractivity contribution is 0.0697. The molecule has 0 saturated carbocycles. The third kappa shape index (κ3) is 3.56. The highest BCUT2D eigenvalue weighted by Gasteiger charge is 2.45. The largest absolute Gasteiger partial charge is 0.478 e. The van der Waals surface area contributed by atoms with Gasteiger partial charge in [-0.15, -0.1) is 0 Å². The topological polar surface area (TPSA) is 37.3 Å². The van der Waals surface area contributed by atoms with Crippen molar-refractivity contribution in [2.24, 2.45) is 0 Å². The number of carboxylic acid groups (broad SMARTS) is 1. The fourth-order valence-corrected chi connectivity index (χ4v) is 8.41. The molecule has 0 bridgehead atoms. The SMILES string of the molecule is CC[P+](c1ccccc1)(c1ccccc1)c1ccccc1-c1ccc(C(=O)O)cc1. The molecular weight excluding hydrogens is 387 g/mol. The van der Waals surface area contributed by atoms with Gasteiger partial charge >= 0.3 is 5.97 Å². The Morgan fingerprint density at radius 3 is 1.70 bits per heavy atom. The van der Waals surface area contributed by atoms with Gasteiger partial charge in [0.15, 0.2) is 0 Å². The zero-order valence-corrected chi connectivity index (χ0v) is 17.8. The van der Waals surface area contributed by atoms with Crippen molar-refractivity contribution in [2.45, 2.75) is 6.92 Å². The molecule has 0 spiro atoms. The van der Waals surface area contributed by atoms with Gasteiger partial charge < -0.3 is 5.11 Å². The molecule has 0 unspecified atom stereocenters. The summed E-state index contributed by atoms with van der Waals surface area (Å²) >= 11 is 0. The molecule has 0 heterocycles. The van der Waals surface area contributed by atoms with E-state index in [0.717, 1.165) is 17.3 Å². The first-order chi connectivity index (χ1) is 14.7. The van der Waals surface area contributed by atoms with Gasteiger partial charge in [0, 0.05) is 5.56 Å². The molecule has 0 saturated heterocycles. The molecule has 0 atom stereocenters. The molecule has 4 aromatic rings. The molecule has 4 aromatic carbocycles. The Hall–Kier alpha value is -3.22. The number of carboxylic acids is 1. The third-order valence-corrected chi connectivity index (χ3v) is 10.1. The number of carbonyl (C=O) groups is 1. The maximum atomic E-state index is 11.3. The van der Waals surface area contributed by atoms with E-state index in [-0.39, 0.29) is 0 Å². The maximum Gasteiger partial charge on any atom is 0.335 e. The van der Waals surface area contributed by atoms with E-state index < -0.39 is 13.2 Å². The first-order valence-corrected chi connectivity index (χ1v) is 12.1. The van der Waals surface area contributed by atoms with Crippen molar-refractivity contribution in [1.29, 1.82) is 0 Å². The lowest BCUT2D eigenvalue weighted by Crippen LogP contribution is -2.33. The molecule has 0 aromatic heterocycles. The van der Waals surface area contributed by atoms with Gasteiger partial charge in [-0.2, -0.15) is 0 Å². The fourth-order valence-electron chi connectivity index (χ4n) is 4.17. The van der Waals surface area contributed by atoms with Crippen LogP contribution in [0.25, 0.3) is 11.1 Å². The van der Waals surface area contributed by atoms with Crippen LogP contribution in [0.3, 0.4) is 0 Å². The van der Waals surface area contributed by atoms with E-state index in [4.69, 9.17) is 0 Å². The summed E-state index contributed by atoms with van der Waals surface area (Å²) < 4.78 is 0. The van der Waals surface area contributed by atoms with Crippen molar-refractivity contribution in [3.63, 3.8) is 0 Å². The van der Waals surface area contributed by atoms with Crippen LogP contribution in [0.1, 0.15) is 17.3 Å². The number of aromatic carboxylic acids is 1. The van der Waals surface area contributed by atoms with E-state index in [0.29, 0.717) is 5.56 Å². The Morgan fingerprint density at radius 1 is 0.700 bits per heavy atom. The van der Waals surface area contributed by atoms with E-state index in [2.05, 4.69) is 91.9 Å². The highest BCUT2D eigenvalue weighted by molar-refractivity contribution is 7.95. The molecule has 1 N–H and O–H groups in total. The van der Waals surface area contributed by atoms with Gasteiger partial charge in [-0.25, -0.2) is 4.79 Å². The predicted molar refractivity (Wildman–Crippen MR) is 128 cm³/mol. The van der Waals surface area contributed by atoms with Crippen molar-refractivity contribution < 1.29 is 9.90 Å². The Bertz CT molecular complexity index is 1100. The molecule has 30 heavy (non-hydrogen) atoms. The Balaban J connectivity index is 1.99. The van der Waals surface area contributed by atoms with Gasteiger partial charge in [0.2, 0.25) is 0 Å². The van der Waals surface area contributed by atoms with Gasteiger partial charge in [-0.1, -0.05) is 66.7 Å². The molecule has 2 nitrogen and oxygen atoms in total. The molecule has 0 radical (unpaired) electrons. The normalized spacial score (nSPS) is 11.2. The summed E-state index contributed by atoms with van der Waals surface area (Å²) in [5, 5.41) is 13.3. The highest BCUT2D eigenvalue weighted by atomic mass is 31.2. The molecule has 0 aliphatic carbocycles. The standard InChI is InChI=1S/C27H23O2P/c1-2-30(23-11-5-3-6-12-23,24-13-7-4-8-14-24)26-16-10-9-15-25(26)21-17-19-22(20-18-21)27(28)29/h3-20H,2H2,1H3/p+1. The zero-order valence-electron chi connectivity index (χ0n) is 16.9. The van der Waals surface area contributed by atoms with Crippen LogP contribution in [0.2, 0.25) is 0 Å². The number of benzene rings is 4. The minimum absolute atomic E-state index is 0.305. The predicted octanol–water partition coefficient (Wildman–Crippen LogP) is 5.37. The number of hydrogen-bond acceptors (Lipinski definition) is 1. The molecule has 0 amide bonds. The van der Waals surface area contributed by atoms with Crippen LogP contribution in [0, 0.1) is 0 Å². The van der Waals surface area contributed by atoms with Crippen molar-refractivity contribution in [2.75, 3.05) is 6.16 Å². The van der Waals surface area contributed by atoms with Crippen LogP contribution in [-0.2, 0) is 0 Å². The van der Waals surface area contributed by atoms with Gasteiger partial charge in [0.05, 0.1) is 11.7 Å². The monoisotopic (exact) mass is 411 g/mol. The molecule has 148 valence electrons. The van der Waals surface area contributed by atoms with Crippen LogP contribution in [0.5, 0.6) is 0 Å². The van der Waals surface area contributed by atoms with Crippen LogP contribution in [-0.4, -0.2) is 17.2 Å². The number of rotatable bonds is 6. The molecule has 0 aliphatic heterocycles. The second-order valence-corrected chi connectivity index (χ2v) is 11.0. The lowest BCUT2D eigenvalue weighted by Gasteiger charge is -2.28. The first kappa shape index (κ1) is 20.1. The Labute approximate surface area is 178 Å². The summed E-state index contributed by atoms with van der Waals surface area (Å²) in [5.74, 6) is -0.904. The number of hydrogen-bond donors (Lipinski definition) is 1. The molecular formula is C27H24O2P+. The van der Waals surface area contributed by atoms with E-state index in [1.807, 2.05) is 12.1 Å². The summed E-state index contributed by atoms with van der Waals surface area (Å²) in [6.07, 6.45) is 1.01. The lowest BCUT2D eigenvalue weighted by atomic mass is 10.0. The molecule has 0 aliphatic rings. The second kappa shape index (κ2) is 8.65. The molecule has 3 heteroatoms. The van der Waals surface area contributed by atoms with E-state index in [1.54, 1.807) is 12.1 Å².